The van der Waals surface area contributed by atoms with E-state index < -0.39 is 11.7 Å². The molecule has 0 aliphatic rings. The van der Waals surface area contributed by atoms with E-state index in [1.807, 2.05) is 30.3 Å². The molecular weight excluding hydrogens is 255 g/mol. The van der Waals surface area contributed by atoms with Gasteiger partial charge in [0.15, 0.2) is 0 Å². The Morgan fingerprint density at radius 2 is 1.95 bits per heavy atom. The zero-order valence-corrected chi connectivity index (χ0v) is 10.9. The van der Waals surface area contributed by atoms with Crippen LogP contribution in [-0.4, -0.2) is 12.1 Å². The van der Waals surface area contributed by atoms with Crippen molar-refractivity contribution in [3.05, 3.63) is 71.5 Å². The number of hydrazone groups is 1. The smallest absolute Gasteiger partial charge is 0.267 e. The van der Waals surface area contributed by atoms with Gasteiger partial charge in [-0.25, -0.2) is 9.82 Å². The summed E-state index contributed by atoms with van der Waals surface area (Å²) in [6.45, 7) is 0. The van der Waals surface area contributed by atoms with E-state index in [0.717, 1.165) is 12.8 Å². The SMILES string of the molecule is O=C(N/N=C/CCc1ccccc1)c1cccc(F)c1. The van der Waals surface area contributed by atoms with Crippen LogP contribution in [0.25, 0.3) is 0 Å². The molecule has 0 aliphatic carbocycles. The number of hydrogen-bond donors (Lipinski definition) is 1. The number of carbonyl (C=O) groups is 1. The maximum absolute atomic E-state index is 12.9. The summed E-state index contributed by atoms with van der Waals surface area (Å²) >= 11 is 0. The molecule has 0 atom stereocenters. The molecule has 1 amide bonds. The van der Waals surface area contributed by atoms with E-state index in [1.54, 1.807) is 6.21 Å². The monoisotopic (exact) mass is 270 g/mol. The van der Waals surface area contributed by atoms with Gasteiger partial charge in [-0.1, -0.05) is 36.4 Å². The van der Waals surface area contributed by atoms with Crippen LogP contribution in [0.4, 0.5) is 4.39 Å². The van der Waals surface area contributed by atoms with Crippen molar-refractivity contribution >= 4 is 12.1 Å². The van der Waals surface area contributed by atoms with Gasteiger partial charge in [-0.2, -0.15) is 5.10 Å². The van der Waals surface area contributed by atoms with Crippen LogP contribution in [0.3, 0.4) is 0 Å². The number of hydrogen-bond acceptors (Lipinski definition) is 2. The van der Waals surface area contributed by atoms with Crippen LogP contribution in [0.2, 0.25) is 0 Å². The van der Waals surface area contributed by atoms with Gasteiger partial charge in [0.2, 0.25) is 0 Å². The highest BCUT2D eigenvalue weighted by Gasteiger charge is 2.04. The largest absolute Gasteiger partial charge is 0.271 e. The quantitative estimate of drug-likeness (QED) is 0.658. The van der Waals surface area contributed by atoms with Crippen molar-refractivity contribution in [1.82, 2.24) is 5.43 Å². The lowest BCUT2D eigenvalue weighted by atomic mass is 10.1. The van der Waals surface area contributed by atoms with Gasteiger partial charge in [0.1, 0.15) is 5.82 Å². The summed E-state index contributed by atoms with van der Waals surface area (Å²) in [6.07, 6.45) is 3.23. The van der Waals surface area contributed by atoms with E-state index in [-0.39, 0.29) is 5.56 Å². The van der Waals surface area contributed by atoms with Gasteiger partial charge in [-0.3, -0.25) is 4.79 Å². The third-order valence-corrected chi connectivity index (χ3v) is 2.75. The Labute approximate surface area is 117 Å². The fourth-order valence-electron chi connectivity index (χ4n) is 1.74. The minimum Gasteiger partial charge on any atom is -0.267 e. The van der Waals surface area contributed by atoms with E-state index in [4.69, 9.17) is 0 Å². The molecule has 2 rings (SSSR count). The Morgan fingerprint density at radius 1 is 1.15 bits per heavy atom. The maximum atomic E-state index is 12.9. The van der Waals surface area contributed by atoms with E-state index in [9.17, 15) is 9.18 Å². The topological polar surface area (TPSA) is 41.5 Å². The van der Waals surface area contributed by atoms with Gasteiger partial charge < -0.3 is 0 Å². The predicted octanol–water partition coefficient (Wildman–Crippen LogP) is 3.17. The Balaban J connectivity index is 1.77. The number of rotatable bonds is 5. The van der Waals surface area contributed by atoms with Crippen LogP contribution in [0.1, 0.15) is 22.3 Å². The van der Waals surface area contributed by atoms with Gasteiger partial charge in [0, 0.05) is 11.8 Å². The molecule has 0 radical (unpaired) electrons. The average molecular weight is 270 g/mol. The van der Waals surface area contributed by atoms with Crippen molar-refractivity contribution < 1.29 is 9.18 Å². The normalized spacial score (nSPS) is 10.7. The highest BCUT2D eigenvalue weighted by Crippen LogP contribution is 2.03. The minimum atomic E-state index is -0.439. The molecule has 0 fully saturated rings. The summed E-state index contributed by atoms with van der Waals surface area (Å²) in [7, 11) is 0. The van der Waals surface area contributed by atoms with Crippen molar-refractivity contribution in [2.24, 2.45) is 5.10 Å². The van der Waals surface area contributed by atoms with Crippen LogP contribution in [0, 0.1) is 5.82 Å². The molecule has 2 aromatic carbocycles. The Hall–Kier alpha value is -2.49. The van der Waals surface area contributed by atoms with Gasteiger partial charge in [0.25, 0.3) is 5.91 Å². The van der Waals surface area contributed by atoms with Crippen molar-refractivity contribution in [2.75, 3.05) is 0 Å². The first-order valence-electron chi connectivity index (χ1n) is 6.37. The van der Waals surface area contributed by atoms with Crippen LogP contribution in [0.15, 0.2) is 59.7 Å². The summed E-state index contributed by atoms with van der Waals surface area (Å²) < 4.78 is 12.9. The molecule has 1 N–H and O–H groups in total. The van der Waals surface area contributed by atoms with Crippen LogP contribution < -0.4 is 5.43 Å². The lowest BCUT2D eigenvalue weighted by molar-refractivity contribution is 0.0954. The summed E-state index contributed by atoms with van der Waals surface area (Å²) in [5.74, 6) is -0.855. The molecule has 0 unspecified atom stereocenters. The lowest BCUT2D eigenvalue weighted by Gasteiger charge is -2.00. The van der Waals surface area contributed by atoms with Crippen LogP contribution >= 0.6 is 0 Å². The Kier molecular flexibility index (Phi) is 5.00. The van der Waals surface area contributed by atoms with E-state index in [2.05, 4.69) is 10.5 Å². The second kappa shape index (κ2) is 7.19. The average Bonchev–Trinajstić information content (AvgIpc) is 2.48. The van der Waals surface area contributed by atoms with Crippen molar-refractivity contribution in [2.45, 2.75) is 12.8 Å². The molecule has 0 saturated carbocycles. The molecular formula is C16H15FN2O. The summed E-state index contributed by atoms with van der Waals surface area (Å²) in [4.78, 5) is 11.6. The molecule has 0 heterocycles. The minimum absolute atomic E-state index is 0.255. The summed E-state index contributed by atoms with van der Waals surface area (Å²) in [6, 6.07) is 15.5. The number of aryl methyl sites for hydroxylation is 1. The molecule has 102 valence electrons. The molecule has 0 saturated heterocycles. The maximum Gasteiger partial charge on any atom is 0.271 e. The van der Waals surface area contributed by atoms with Gasteiger partial charge in [0.05, 0.1) is 0 Å². The van der Waals surface area contributed by atoms with Gasteiger partial charge in [-0.15, -0.1) is 0 Å². The third-order valence-electron chi connectivity index (χ3n) is 2.75. The first-order chi connectivity index (χ1) is 9.75. The highest BCUT2D eigenvalue weighted by molar-refractivity contribution is 5.94. The molecule has 0 aromatic heterocycles. The van der Waals surface area contributed by atoms with E-state index in [0.29, 0.717) is 0 Å². The first kappa shape index (κ1) is 13.9. The number of amides is 1. The fourth-order valence-corrected chi connectivity index (χ4v) is 1.74. The second-order valence-electron chi connectivity index (χ2n) is 4.29. The van der Waals surface area contributed by atoms with E-state index >= 15 is 0 Å². The van der Waals surface area contributed by atoms with E-state index in [1.165, 1.54) is 29.8 Å². The number of nitrogens with one attached hydrogen (secondary N) is 1. The molecule has 0 bridgehead atoms. The zero-order chi connectivity index (χ0) is 14.2. The predicted molar refractivity (Wildman–Crippen MR) is 77.1 cm³/mol. The highest BCUT2D eigenvalue weighted by atomic mass is 19.1. The molecule has 4 heteroatoms. The Bertz CT molecular complexity index is 596. The summed E-state index contributed by atoms with van der Waals surface area (Å²) in [5.41, 5.74) is 3.85. The standard InChI is InChI=1S/C16H15FN2O/c17-15-10-4-9-14(12-15)16(20)19-18-11-5-8-13-6-2-1-3-7-13/h1-4,6-7,9-12H,5,8H2,(H,19,20)/b18-11+. The molecule has 0 spiro atoms. The van der Waals surface area contributed by atoms with Crippen molar-refractivity contribution in [3.8, 4) is 0 Å². The van der Waals surface area contributed by atoms with Gasteiger partial charge in [-0.05, 0) is 36.6 Å². The number of nitrogens with zero attached hydrogens (tertiary/aromatic N) is 1. The second-order valence-corrected chi connectivity index (χ2v) is 4.29. The molecule has 3 nitrogen and oxygen atoms in total. The number of benzene rings is 2. The number of carbonyl (C=O) groups excluding carboxylic acids is 1. The van der Waals surface area contributed by atoms with Crippen molar-refractivity contribution in [3.63, 3.8) is 0 Å². The molecule has 2 aromatic rings. The third kappa shape index (κ3) is 4.31. The van der Waals surface area contributed by atoms with Crippen molar-refractivity contribution in [1.29, 1.82) is 0 Å². The van der Waals surface area contributed by atoms with Gasteiger partial charge >= 0.3 is 0 Å². The Morgan fingerprint density at radius 3 is 2.70 bits per heavy atom. The van der Waals surface area contributed by atoms with Crippen LogP contribution in [0.5, 0.6) is 0 Å². The lowest BCUT2D eigenvalue weighted by Crippen LogP contribution is -2.17. The molecule has 20 heavy (non-hydrogen) atoms. The molecule has 0 aliphatic heterocycles. The fraction of sp³-hybridized carbons (Fsp3) is 0.125. The number of halogens is 1. The summed E-state index contributed by atoms with van der Waals surface area (Å²) in [5, 5.41) is 3.85. The van der Waals surface area contributed by atoms with Crippen LogP contribution in [-0.2, 0) is 6.42 Å². The first-order valence-corrected chi connectivity index (χ1v) is 6.37. The zero-order valence-electron chi connectivity index (χ0n) is 10.9.